The van der Waals surface area contributed by atoms with Crippen molar-refractivity contribution < 1.29 is 29.7 Å². The van der Waals surface area contributed by atoms with Gasteiger partial charge in [0.15, 0.2) is 0 Å². The number of hydrogen-bond donors (Lipinski definition) is 5. The Morgan fingerprint density at radius 2 is 1.53 bits per heavy atom. The van der Waals surface area contributed by atoms with Gasteiger partial charge in [0, 0.05) is 18.5 Å². The molecular weight excluding hydrogens is 568 g/mol. The number of rotatable bonds is 10. The zero-order valence-corrected chi connectivity index (χ0v) is 28.0. The van der Waals surface area contributed by atoms with Gasteiger partial charge in [-0.2, -0.15) is 0 Å². The van der Waals surface area contributed by atoms with Crippen LogP contribution in [-0.4, -0.2) is 51.4 Å². The normalized spacial score (nSPS) is 37.0. The standard InChI is InChI=1S/C37H56N2O6/c1-21(9-13-31(42)38-29(35(44)45)12-14-32(43)39-34-22(2)7-6-8-23(34)3)26-10-11-27-33-28(16-18-37(26,27)5)36(4)17-15-25(40)19-24(36)20-30(33)41/h6-8,21,24-30,33,40-41H,9-20H2,1-5H3,(H,38,42)(H,39,43)(H,44,45)/t21-,24-,25-,26-,27+,28+,29+,30-,33+,36+,37-/m1/s1. The van der Waals surface area contributed by atoms with Crippen LogP contribution in [0.1, 0.15) is 109 Å². The van der Waals surface area contributed by atoms with Crippen molar-refractivity contribution in [2.45, 2.75) is 130 Å². The zero-order chi connectivity index (χ0) is 32.7. The van der Waals surface area contributed by atoms with E-state index < -0.39 is 12.0 Å². The second-order valence-corrected chi connectivity index (χ2v) is 15.8. The Morgan fingerprint density at radius 3 is 2.22 bits per heavy atom. The summed E-state index contributed by atoms with van der Waals surface area (Å²) in [6.07, 6.45) is 8.48. The molecule has 4 saturated carbocycles. The third kappa shape index (κ3) is 6.69. The lowest BCUT2D eigenvalue weighted by atomic mass is 9.43. The predicted octanol–water partition coefficient (Wildman–Crippen LogP) is 6.00. The maximum atomic E-state index is 13.0. The Bertz CT molecular complexity index is 1250. The quantitative estimate of drug-likeness (QED) is 0.217. The number of aliphatic carboxylic acids is 1. The van der Waals surface area contributed by atoms with Crippen molar-refractivity contribution >= 4 is 23.5 Å². The average Bonchev–Trinajstić information content (AvgIpc) is 3.34. The second-order valence-electron chi connectivity index (χ2n) is 15.8. The van der Waals surface area contributed by atoms with E-state index in [0.29, 0.717) is 41.9 Å². The fourth-order valence-electron chi connectivity index (χ4n) is 10.7. The number of hydrogen-bond acceptors (Lipinski definition) is 5. The van der Waals surface area contributed by atoms with Crippen LogP contribution in [0.2, 0.25) is 0 Å². The number of aliphatic hydroxyl groups excluding tert-OH is 2. The number of benzene rings is 1. The molecule has 0 heterocycles. The van der Waals surface area contributed by atoms with E-state index >= 15 is 0 Å². The Morgan fingerprint density at radius 1 is 0.889 bits per heavy atom. The molecule has 11 atom stereocenters. The number of para-hydroxylation sites is 1. The largest absolute Gasteiger partial charge is 0.480 e. The fourth-order valence-corrected chi connectivity index (χ4v) is 10.7. The number of anilines is 1. The number of carbonyl (C=O) groups excluding carboxylic acids is 2. The average molecular weight is 625 g/mol. The third-order valence-corrected chi connectivity index (χ3v) is 13.3. The summed E-state index contributed by atoms with van der Waals surface area (Å²) in [5, 5.41) is 37.2. The van der Waals surface area contributed by atoms with Crippen molar-refractivity contribution in [3.05, 3.63) is 29.3 Å². The molecule has 1 aromatic carbocycles. The first-order valence-electron chi connectivity index (χ1n) is 17.5. The number of amides is 2. The number of nitrogens with one attached hydrogen (secondary N) is 2. The van der Waals surface area contributed by atoms with Crippen LogP contribution in [0.15, 0.2) is 18.2 Å². The highest BCUT2D eigenvalue weighted by molar-refractivity contribution is 5.93. The Balaban J connectivity index is 1.14. The van der Waals surface area contributed by atoms with E-state index in [4.69, 9.17) is 0 Å². The Labute approximate surface area is 269 Å². The van der Waals surface area contributed by atoms with Crippen LogP contribution in [0, 0.1) is 60.2 Å². The van der Waals surface area contributed by atoms with E-state index in [1.807, 2.05) is 32.0 Å². The molecule has 250 valence electrons. The van der Waals surface area contributed by atoms with Crippen molar-refractivity contribution in [3.8, 4) is 0 Å². The summed E-state index contributed by atoms with van der Waals surface area (Å²) in [6.45, 7) is 10.9. The molecule has 45 heavy (non-hydrogen) atoms. The summed E-state index contributed by atoms with van der Waals surface area (Å²) in [5.74, 6) is 0.780. The summed E-state index contributed by atoms with van der Waals surface area (Å²) >= 11 is 0. The van der Waals surface area contributed by atoms with E-state index in [2.05, 4.69) is 31.4 Å². The molecule has 0 spiro atoms. The summed E-state index contributed by atoms with van der Waals surface area (Å²) in [6, 6.07) is 4.64. The van der Waals surface area contributed by atoms with Crippen molar-refractivity contribution in [1.82, 2.24) is 5.32 Å². The van der Waals surface area contributed by atoms with Crippen LogP contribution < -0.4 is 10.6 Å². The molecule has 0 unspecified atom stereocenters. The molecule has 8 heteroatoms. The summed E-state index contributed by atoms with van der Waals surface area (Å²) < 4.78 is 0. The lowest BCUT2D eigenvalue weighted by molar-refractivity contribution is -0.174. The molecule has 0 radical (unpaired) electrons. The molecule has 8 nitrogen and oxygen atoms in total. The van der Waals surface area contributed by atoms with Crippen LogP contribution in [0.3, 0.4) is 0 Å². The highest BCUT2D eigenvalue weighted by Gasteiger charge is 2.62. The number of carboxylic acid groups (broad SMARTS) is 1. The molecule has 5 N–H and O–H groups in total. The highest BCUT2D eigenvalue weighted by Crippen LogP contribution is 2.68. The van der Waals surface area contributed by atoms with Gasteiger partial charge in [-0.3, -0.25) is 9.59 Å². The van der Waals surface area contributed by atoms with E-state index in [0.717, 1.165) is 68.2 Å². The summed E-state index contributed by atoms with van der Waals surface area (Å²) in [4.78, 5) is 37.5. The zero-order valence-electron chi connectivity index (χ0n) is 28.0. The number of aliphatic hydroxyl groups is 2. The minimum Gasteiger partial charge on any atom is -0.480 e. The van der Waals surface area contributed by atoms with E-state index in [-0.39, 0.29) is 54.1 Å². The molecule has 5 rings (SSSR count). The fraction of sp³-hybridized carbons (Fsp3) is 0.757. The van der Waals surface area contributed by atoms with Crippen LogP contribution >= 0.6 is 0 Å². The van der Waals surface area contributed by atoms with Crippen LogP contribution in [0.25, 0.3) is 0 Å². The maximum absolute atomic E-state index is 13.0. The first-order valence-corrected chi connectivity index (χ1v) is 17.5. The van der Waals surface area contributed by atoms with Gasteiger partial charge >= 0.3 is 5.97 Å². The SMILES string of the molecule is Cc1cccc(C)c1NC(=O)CC[C@H](NC(=O)CC[C@@H](C)[C@H]1CC[C@H]2[C@@H]3[C@H](O)C[C@H]4C[C@H](O)CC[C@]4(C)[C@H]3CC[C@]12C)C(=O)O. The third-order valence-electron chi connectivity index (χ3n) is 13.3. The Hall–Kier alpha value is -2.45. The molecule has 0 bridgehead atoms. The molecule has 0 aliphatic heterocycles. The van der Waals surface area contributed by atoms with E-state index in [1.165, 1.54) is 0 Å². The lowest BCUT2D eigenvalue weighted by Crippen LogP contribution is -2.58. The maximum Gasteiger partial charge on any atom is 0.326 e. The van der Waals surface area contributed by atoms with Gasteiger partial charge < -0.3 is 26.0 Å². The monoisotopic (exact) mass is 624 g/mol. The smallest absolute Gasteiger partial charge is 0.326 e. The van der Waals surface area contributed by atoms with Crippen molar-refractivity contribution in [2.75, 3.05) is 5.32 Å². The van der Waals surface area contributed by atoms with E-state index in [1.54, 1.807) is 0 Å². The van der Waals surface area contributed by atoms with Crippen LogP contribution in [0.5, 0.6) is 0 Å². The highest BCUT2D eigenvalue weighted by atomic mass is 16.4. The number of carboxylic acids is 1. The number of carbonyl (C=O) groups is 3. The van der Waals surface area contributed by atoms with Gasteiger partial charge in [0.25, 0.3) is 0 Å². The minimum absolute atomic E-state index is 0.00235. The topological polar surface area (TPSA) is 136 Å². The molecular formula is C37H56N2O6. The molecule has 0 aromatic heterocycles. The molecule has 1 aromatic rings. The number of aryl methyl sites for hydroxylation is 2. The molecule has 4 aliphatic carbocycles. The van der Waals surface area contributed by atoms with Crippen LogP contribution in [0.4, 0.5) is 5.69 Å². The predicted molar refractivity (Wildman–Crippen MR) is 174 cm³/mol. The van der Waals surface area contributed by atoms with Gasteiger partial charge in [0.1, 0.15) is 6.04 Å². The Kier molecular flexibility index (Phi) is 10.1. The summed E-state index contributed by atoms with van der Waals surface area (Å²) in [5.41, 5.74) is 2.96. The van der Waals surface area contributed by atoms with Gasteiger partial charge in [-0.1, -0.05) is 39.0 Å². The minimum atomic E-state index is -1.13. The van der Waals surface area contributed by atoms with Crippen molar-refractivity contribution in [1.29, 1.82) is 0 Å². The second kappa shape index (κ2) is 13.3. The van der Waals surface area contributed by atoms with Gasteiger partial charge in [-0.25, -0.2) is 4.79 Å². The number of fused-ring (bicyclic) bond motifs is 5. The van der Waals surface area contributed by atoms with E-state index in [9.17, 15) is 29.7 Å². The molecule has 4 fully saturated rings. The molecule has 4 aliphatic rings. The van der Waals surface area contributed by atoms with Gasteiger partial charge in [0.05, 0.1) is 12.2 Å². The van der Waals surface area contributed by atoms with Crippen molar-refractivity contribution in [3.63, 3.8) is 0 Å². The van der Waals surface area contributed by atoms with Gasteiger partial charge in [-0.05, 0) is 136 Å². The van der Waals surface area contributed by atoms with Crippen LogP contribution in [-0.2, 0) is 14.4 Å². The lowest BCUT2D eigenvalue weighted by Gasteiger charge is -2.62. The van der Waals surface area contributed by atoms with Gasteiger partial charge in [-0.15, -0.1) is 0 Å². The summed E-state index contributed by atoms with van der Waals surface area (Å²) in [7, 11) is 0. The first kappa shape index (κ1) is 33.9. The molecule has 0 saturated heterocycles. The van der Waals surface area contributed by atoms with Crippen molar-refractivity contribution in [2.24, 2.45) is 46.3 Å². The van der Waals surface area contributed by atoms with Gasteiger partial charge in [0.2, 0.25) is 11.8 Å². The first-order chi connectivity index (χ1) is 21.2. The molecule has 2 amide bonds.